The number of nitrogen functional groups attached to an aromatic ring is 1. The van der Waals surface area contributed by atoms with Crippen molar-refractivity contribution in [3.63, 3.8) is 0 Å². The van der Waals surface area contributed by atoms with Gasteiger partial charge in [0.2, 0.25) is 0 Å². The SMILES string of the molecule is Nc1ccc(Cl)cc1C(=O)NCCCCN1CCN(c2nsc3ccccc23)CC1. The molecule has 0 spiro atoms. The smallest absolute Gasteiger partial charge is 0.253 e. The Morgan fingerprint density at radius 3 is 2.77 bits per heavy atom. The Labute approximate surface area is 185 Å². The highest BCUT2D eigenvalue weighted by Crippen LogP contribution is 2.29. The molecule has 0 unspecified atom stereocenters. The molecule has 0 aliphatic carbocycles. The van der Waals surface area contributed by atoms with Gasteiger partial charge in [0.25, 0.3) is 5.91 Å². The molecule has 1 aliphatic rings. The van der Waals surface area contributed by atoms with E-state index in [1.54, 1.807) is 29.7 Å². The van der Waals surface area contributed by atoms with Gasteiger partial charge in [-0.3, -0.25) is 9.69 Å². The molecule has 0 atom stereocenters. The predicted molar refractivity (Wildman–Crippen MR) is 126 cm³/mol. The summed E-state index contributed by atoms with van der Waals surface area (Å²) in [4.78, 5) is 17.1. The van der Waals surface area contributed by atoms with Crippen molar-refractivity contribution in [2.75, 3.05) is 49.9 Å². The first-order chi connectivity index (χ1) is 14.6. The lowest BCUT2D eigenvalue weighted by molar-refractivity contribution is 0.0953. The first kappa shape index (κ1) is 20.9. The predicted octanol–water partition coefficient (Wildman–Crippen LogP) is 3.86. The molecule has 2 heterocycles. The first-order valence-corrected chi connectivity index (χ1v) is 11.4. The molecule has 0 saturated carbocycles. The van der Waals surface area contributed by atoms with Crippen LogP contribution >= 0.6 is 23.1 Å². The van der Waals surface area contributed by atoms with E-state index in [9.17, 15) is 4.79 Å². The molecule has 1 aliphatic heterocycles. The van der Waals surface area contributed by atoms with E-state index in [1.165, 1.54) is 10.1 Å². The number of carbonyl (C=O) groups is 1. The minimum atomic E-state index is -0.167. The largest absolute Gasteiger partial charge is 0.398 e. The number of fused-ring (bicyclic) bond motifs is 1. The Balaban J connectivity index is 1.17. The molecule has 1 saturated heterocycles. The summed E-state index contributed by atoms with van der Waals surface area (Å²) in [5.74, 6) is 0.956. The normalized spacial score (nSPS) is 14.9. The number of anilines is 2. The van der Waals surface area contributed by atoms with E-state index in [1.807, 2.05) is 0 Å². The van der Waals surface area contributed by atoms with Crippen LogP contribution in [0.2, 0.25) is 5.02 Å². The van der Waals surface area contributed by atoms with Gasteiger partial charge in [0.15, 0.2) is 0 Å². The average Bonchev–Trinajstić information content (AvgIpc) is 3.20. The molecule has 3 aromatic rings. The number of nitrogens with two attached hydrogens (primary N) is 1. The fraction of sp³-hybridized carbons (Fsp3) is 0.364. The fourth-order valence-corrected chi connectivity index (χ4v) is 4.73. The Morgan fingerprint density at radius 2 is 1.93 bits per heavy atom. The van der Waals surface area contributed by atoms with Gasteiger partial charge in [-0.05, 0) is 61.3 Å². The maximum atomic E-state index is 12.3. The molecule has 4 rings (SSSR count). The Morgan fingerprint density at radius 1 is 1.13 bits per heavy atom. The summed E-state index contributed by atoms with van der Waals surface area (Å²) >= 11 is 7.53. The van der Waals surface area contributed by atoms with Crippen LogP contribution in [0.4, 0.5) is 11.5 Å². The Bertz CT molecular complexity index is 1020. The summed E-state index contributed by atoms with van der Waals surface area (Å²) in [6.45, 7) is 5.75. The third kappa shape index (κ3) is 4.86. The van der Waals surface area contributed by atoms with Crippen molar-refractivity contribution in [3.05, 3.63) is 53.1 Å². The lowest BCUT2D eigenvalue weighted by atomic mass is 10.1. The number of unbranched alkanes of at least 4 members (excludes halogenated alkanes) is 1. The molecule has 0 bridgehead atoms. The average molecular weight is 444 g/mol. The van der Waals surface area contributed by atoms with Crippen molar-refractivity contribution in [1.82, 2.24) is 14.6 Å². The van der Waals surface area contributed by atoms with E-state index in [0.717, 1.165) is 51.4 Å². The van der Waals surface area contributed by atoms with Gasteiger partial charge >= 0.3 is 0 Å². The van der Waals surface area contributed by atoms with Crippen LogP contribution in [0.1, 0.15) is 23.2 Å². The number of halogens is 1. The monoisotopic (exact) mass is 443 g/mol. The standard InChI is InChI=1S/C22H26ClN5OS/c23-16-7-8-19(24)18(15-16)22(29)25-9-3-4-10-27-11-13-28(14-12-27)21-17-5-1-2-6-20(17)30-26-21/h1-2,5-8,15H,3-4,9-14,24H2,(H,25,29). The van der Waals surface area contributed by atoms with Gasteiger partial charge in [-0.2, -0.15) is 4.37 Å². The van der Waals surface area contributed by atoms with Crippen molar-refractivity contribution in [3.8, 4) is 0 Å². The molecule has 158 valence electrons. The van der Waals surface area contributed by atoms with Gasteiger partial charge in [0.1, 0.15) is 5.82 Å². The quantitative estimate of drug-likeness (QED) is 0.428. The summed E-state index contributed by atoms with van der Waals surface area (Å²) in [5, 5.41) is 4.71. The van der Waals surface area contributed by atoms with Crippen LogP contribution in [0.15, 0.2) is 42.5 Å². The number of nitrogens with zero attached hydrogens (tertiary/aromatic N) is 3. The van der Waals surface area contributed by atoms with Gasteiger partial charge in [-0.1, -0.05) is 23.7 Å². The van der Waals surface area contributed by atoms with Crippen molar-refractivity contribution in [2.45, 2.75) is 12.8 Å². The van der Waals surface area contributed by atoms with E-state index >= 15 is 0 Å². The third-order valence-electron chi connectivity index (χ3n) is 5.48. The summed E-state index contributed by atoms with van der Waals surface area (Å²) < 4.78 is 5.92. The molecular formula is C22H26ClN5OS. The highest BCUT2D eigenvalue weighted by atomic mass is 35.5. The maximum absolute atomic E-state index is 12.3. The van der Waals surface area contributed by atoms with Gasteiger partial charge < -0.3 is 16.0 Å². The van der Waals surface area contributed by atoms with Gasteiger partial charge in [0, 0.05) is 48.8 Å². The number of hydrogen-bond donors (Lipinski definition) is 2. The lowest BCUT2D eigenvalue weighted by Crippen LogP contribution is -2.46. The fourth-order valence-electron chi connectivity index (χ4n) is 3.77. The van der Waals surface area contributed by atoms with Crippen LogP contribution in [0, 0.1) is 0 Å². The zero-order valence-corrected chi connectivity index (χ0v) is 18.4. The van der Waals surface area contributed by atoms with Crippen LogP contribution in [-0.4, -0.2) is 54.4 Å². The topological polar surface area (TPSA) is 74.5 Å². The number of hydrogen-bond acceptors (Lipinski definition) is 6. The molecular weight excluding hydrogens is 418 g/mol. The number of carbonyl (C=O) groups excluding carboxylic acids is 1. The van der Waals surface area contributed by atoms with Crippen LogP contribution in [0.3, 0.4) is 0 Å². The summed E-state index contributed by atoms with van der Waals surface area (Å²) in [5.41, 5.74) is 6.75. The van der Waals surface area contributed by atoms with E-state index in [2.05, 4.69) is 43.8 Å². The molecule has 1 aromatic heterocycles. The first-order valence-electron chi connectivity index (χ1n) is 10.3. The number of rotatable bonds is 7. The zero-order chi connectivity index (χ0) is 20.9. The summed E-state index contributed by atoms with van der Waals surface area (Å²) in [6.07, 6.45) is 1.98. The van der Waals surface area contributed by atoms with E-state index < -0.39 is 0 Å². The van der Waals surface area contributed by atoms with E-state index in [-0.39, 0.29) is 5.91 Å². The van der Waals surface area contributed by atoms with E-state index in [4.69, 9.17) is 17.3 Å². The zero-order valence-electron chi connectivity index (χ0n) is 16.8. The van der Waals surface area contributed by atoms with Crippen molar-refractivity contribution >= 4 is 50.6 Å². The molecule has 0 radical (unpaired) electrons. The highest BCUT2D eigenvalue weighted by molar-refractivity contribution is 7.13. The third-order valence-corrected chi connectivity index (χ3v) is 6.53. The lowest BCUT2D eigenvalue weighted by Gasteiger charge is -2.35. The minimum Gasteiger partial charge on any atom is -0.398 e. The van der Waals surface area contributed by atoms with E-state index in [0.29, 0.717) is 22.8 Å². The molecule has 1 amide bonds. The summed E-state index contributed by atoms with van der Waals surface area (Å²) in [7, 11) is 0. The molecule has 1 fully saturated rings. The van der Waals surface area contributed by atoms with Crippen LogP contribution < -0.4 is 16.0 Å². The Hall–Kier alpha value is -2.35. The van der Waals surface area contributed by atoms with Gasteiger partial charge in [-0.25, -0.2) is 0 Å². The molecule has 8 heteroatoms. The van der Waals surface area contributed by atoms with Gasteiger partial charge in [0.05, 0.1) is 10.3 Å². The van der Waals surface area contributed by atoms with Crippen LogP contribution in [0.5, 0.6) is 0 Å². The van der Waals surface area contributed by atoms with Crippen LogP contribution in [-0.2, 0) is 0 Å². The van der Waals surface area contributed by atoms with Crippen molar-refractivity contribution < 1.29 is 4.79 Å². The Kier molecular flexibility index (Phi) is 6.72. The number of aromatic nitrogens is 1. The number of amides is 1. The van der Waals surface area contributed by atoms with Crippen molar-refractivity contribution in [2.24, 2.45) is 0 Å². The number of benzene rings is 2. The number of piperazine rings is 1. The van der Waals surface area contributed by atoms with Crippen LogP contribution in [0.25, 0.3) is 10.1 Å². The molecule has 2 aromatic carbocycles. The second-order valence-corrected chi connectivity index (χ2v) is 8.77. The molecule has 6 nitrogen and oxygen atoms in total. The maximum Gasteiger partial charge on any atom is 0.253 e. The minimum absolute atomic E-state index is 0.167. The number of nitrogens with one attached hydrogen (secondary N) is 1. The second kappa shape index (κ2) is 9.64. The van der Waals surface area contributed by atoms with Gasteiger partial charge in [-0.15, -0.1) is 0 Å². The van der Waals surface area contributed by atoms with Crippen molar-refractivity contribution in [1.29, 1.82) is 0 Å². The highest BCUT2D eigenvalue weighted by Gasteiger charge is 2.20. The second-order valence-electron chi connectivity index (χ2n) is 7.53. The summed E-state index contributed by atoms with van der Waals surface area (Å²) in [6, 6.07) is 13.4. The molecule has 3 N–H and O–H groups in total. The molecule has 30 heavy (non-hydrogen) atoms.